The number of benzene rings is 1. The van der Waals surface area contributed by atoms with Crippen LogP contribution in [0.4, 0.5) is 4.39 Å². The van der Waals surface area contributed by atoms with Crippen LogP contribution in [-0.4, -0.2) is 16.8 Å². The molecule has 0 spiro atoms. The Morgan fingerprint density at radius 3 is 2.71 bits per heavy atom. The van der Waals surface area contributed by atoms with Crippen LogP contribution in [0.5, 0.6) is 0 Å². The molecule has 0 aliphatic carbocycles. The SMILES string of the molecule is CC(C)N1Cc2c(F)cccc2C1=O. The van der Waals surface area contributed by atoms with E-state index in [2.05, 4.69) is 0 Å². The van der Waals surface area contributed by atoms with Gasteiger partial charge < -0.3 is 4.90 Å². The molecule has 2 nitrogen and oxygen atoms in total. The van der Waals surface area contributed by atoms with Crippen molar-refractivity contribution in [3.63, 3.8) is 0 Å². The van der Waals surface area contributed by atoms with Crippen LogP contribution >= 0.6 is 0 Å². The van der Waals surface area contributed by atoms with E-state index in [4.69, 9.17) is 0 Å². The highest BCUT2D eigenvalue weighted by Crippen LogP contribution is 2.26. The number of fused-ring (bicyclic) bond motifs is 1. The quantitative estimate of drug-likeness (QED) is 0.669. The lowest BCUT2D eigenvalue weighted by atomic mass is 10.1. The highest BCUT2D eigenvalue weighted by molar-refractivity contribution is 5.98. The van der Waals surface area contributed by atoms with Crippen molar-refractivity contribution in [1.29, 1.82) is 0 Å². The third-order valence-corrected chi connectivity index (χ3v) is 2.56. The number of hydrogen-bond acceptors (Lipinski definition) is 1. The lowest BCUT2D eigenvalue weighted by molar-refractivity contribution is 0.0730. The predicted octanol–water partition coefficient (Wildman–Crippen LogP) is 2.19. The van der Waals surface area contributed by atoms with Crippen LogP contribution in [0.1, 0.15) is 29.8 Å². The summed E-state index contributed by atoms with van der Waals surface area (Å²) in [7, 11) is 0. The number of amides is 1. The Morgan fingerprint density at radius 2 is 2.14 bits per heavy atom. The molecule has 0 bridgehead atoms. The molecule has 0 saturated heterocycles. The first-order valence-electron chi connectivity index (χ1n) is 4.69. The standard InChI is InChI=1S/C11H12FNO/c1-7(2)13-6-9-8(11(13)14)4-3-5-10(9)12/h3-5,7H,6H2,1-2H3. The van der Waals surface area contributed by atoms with E-state index < -0.39 is 0 Å². The maximum Gasteiger partial charge on any atom is 0.254 e. The molecule has 74 valence electrons. The van der Waals surface area contributed by atoms with Crippen LogP contribution in [0, 0.1) is 5.82 Å². The fourth-order valence-electron chi connectivity index (χ4n) is 1.73. The largest absolute Gasteiger partial charge is 0.332 e. The van der Waals surface area contributed by atoms with Gasteiger partial charge in [-0.3, -0.25) is 4.79 Å². The Balaban J connectivity index is 2.45. The van der Waals surface area contributed by atoms with Crippen molar-refractivity contribution in [2.24, 2.45) is 0 Å². The number of hydrogen-bond donors (Lipinski definition) is 0. The summed E-state index contributed by atoms with van der Waals surface area (Å²) in [6.45, 7) is 4.27. The number of carbonyl (C=O) groups excluding carboxylic acids is 1. The van der Waals surface area contributed by atoms with E-state index in [9.17, 15) is 9.18 Å². The number of halogens is 1. The summed E-state index contributed by atoms with van der Waals surface area (Å²) in [5, 5.41) is 0. The van der Waals surface area contributed by atoms with Crippen LogP contribution < -0.4 is 0 Å². The zero-order valence-electron chi connectivity index (χ0n) is 8.25. The minimum atomic E-state index is -0.279. The Hall–Kier alpha value is -1.38. The van der Waals surface area contributed by atoms with Crippen LogP contribution in [0.3, 0.4) is 0 Å². The molecule has 3 heteroatoms. The molecule has 2 rings (SSSR count). The predicted molar refractivity (Wildman–Crippen MR) is 51.4 cm³/mol. The maximum absolute atomic E-state index is 13.3. The minimum Gasteiger partial charge on any atom is -0.332 e. The third-order valence-electron chi connectivity index (χ3n) is 2.56. The Labute approximate surface area is 82.3 Å². The summed E-state index contributed by atoms with van der Waals surface area (Å²) in [4.78, 5) is 13.4. The number of rotatable bonds is 1. The molecule has 0 saturated carbocycles. The molecule has 1 heterocycles. The van der Waals surface area contributed by atoms with Crippen LogP contribution in [0.15, 0.2) is 18.2 Å². The average molecular weight is 193 g/mol. The van der Waals surface area contributed by atoms with Gasteiger partial charge in [-0.05, 0) is 26.0 Å². The lowest BCUT2D eigenvalue weighted by Gasteiger charge is -2.19. The van der Waals surface area contributed by atoms with Crippen molar-refractivity contribution >= 4 is 5.91 Å². The van der Waals surface area contributed by atoms with Crippen molar-refractivity contribution in [3.8, 4) is 0 Å². The summed E-state index contributed by atoms with van der Waals surface area (Å²) in [5.74, 6) is -0.339. The highest BCUT2D eigenvalue weighted by Gasteiger charge is 2.30. The molecule has 0 N–H and O–H groups in total. The molecule has 0 atom stereocenters. The Morgan fingerprint density at radius 1 is 1.43 bits per heavy atom. The molecule has 1 aliphatic heterocycles. The first-order valence-corrected chi connectivity index (χ1v) is 4.69. The molecule has 1 amide bonds. The van der Waals surface area contributed by atoms with Crippen LogP contribution in [0.2, 0.25) is 0 Å². The molecular weight excluding hydrogens is 181 g/mol. The summed E-state index contributed by atoms with van der Waals surface area (Å²) >= 11 is 0. The second-order valence-electron chi connectivity index (χ2n) is 3.79. The molecule has 0 unspecified atom stereocenters. The second-order valence-corrected chi connectivity index (χ2v) is 3.79. The zero-order valence-corrected chi connectivity index (χ0v) is 8.25. The van der Waals surface area contributed by atoms with Crippen molar-refractivity contribution in [2.45, 2.75) is 26.4 Å². The smallest absolute Gasteiger partial charge is 0.254 e. The number of nitrogens with zero attached hydrogens (tertiary/aromatic N) is 1. The van der Waals surface area contributed by atoms with Gasteiger partial charge in [0.05, 0.1) is 0 Å². The fourth-order valence-corrected chi connectivity index (χ4v) is 1.73. The topological polar surface area (TPSA) is 20.3 Å². The van der Waals surface area contributed by atoms with Crippen molar-refractivity contribution in [2.75, 3.05) is 0 Å². The monoisotopic (exact) mass is 193 g/mol. The molecule has 0 radical (unpaired) electrons. The number of carbonyl (C=O) groups is 1. The molecule has 14 heavy (non-hydrogen) atoms. The van der Waals surface area contributed by atoms with Gasteiger partial charge in [0, 0.05) is 23.7 Å². The Bertz CT molecular complexity index is 387. The summed E-state index contributed by atoms with van der Waals surface area (Å²) in [6.07, 6.45) is 0. The van der Waals surface area contributed by atoms with E-state index in [0.717, 1.165) is 0 Å². The van der Waals surface area contributed by atoms with E-state index in [0.29, 0.717) is 17.7 Å². The van der Waals surface area contributed by atoms with Gasteiger partial charge in [0.15, 0.2) is 0 Å². The van der Waals surface area contributed by atoms with E-state index in [-0.39, 0.29) is 17.8 Å². The van der Waals surface area contributed by atoms with Crippen molar-refractivity contribution in [1.82, 2.24) is 4.90 Å². The normalized spacial score (nSPS) is 15.1. The second kappa shape index (κ2) is 3.08. The molecular formula is C11H12FNO. The van der Waals surface area contributed by atoms with E-state index in [1.807, 2.05) is 13.8 Å². The maximum atomic E-state index is 13.3. The van der Waals surface area contributed by atoms with Gasteiger partial charge in [0.1, 0.15) is 5.82 Å². The highest BCUT2D eigenvalue weighted by atomic mass is 19.1. The van der Waals surface area contributed by atoms with Gasteiger partial charge in [0.2, 0.25) is 0 Å². The van der Waals surface area contributed by atoms with E-state index in [1.54, 1.807) is 17.0 Å². The van der Waals surface area contributed by atoms with E-state index >= 15 is 0 Å². The Kier molecular flexibility index (Phi) is 2.02. The van der Waals surface area contributed by atoms with Crippen LogP contribution in [-0.2, 0) is 6.54 Å². The van der Waals surface area contributed by atoms with Crippen molar-refractivity contribution in [3.05, 3.63) is 35.1 Å². The summed E-state index contributed by atoms with van der Waals surface area (Å²) < 4.78 is 13.3. The lowest BCUT2D eigenvalue weighted by Crippen LogP contribution is -2.30. The molecule has 1 aliphatic rings. The van der Waals surface area contributed by atoms with Crippen LogP contribution in [0.25, 0.3) is 0 Å². The summed E-state index contributed by atoms with van der Waals surface area (Å²) in [5.41, 5.74) is 1.05. The molecule has 0 aromatic heterocycles. The molecule has 1 aromatic rings. The molecule has 0 fully saturated rings. The third kappa shape index (κ3) is 1.20. The average Bonchev–Trinajstić information content (AvgIpc) is 2.46. The van der Waals surface area contributed by atoms with E-state index in [1.165, 1.54) is 6.07 Å². The molecule has 1 aromatic carbocycles. The van der Waals surface area contributed by atoms with Crippen molar-refractivity contribution < 1.29 is 9.18 Å². The first kappa shape index (κ1) is 9.19. The van der Waals surface area contributed by atoms with Gasteiger partial charge in [-0.2, -0.15) is 0 Å². The van der Waals surface area contributed by atoms with Gasteiger partial charge in [-0.15, -0.1) is 0 Å². The first-order chi connectivity index (χ1) is 6.61. The summed E-state index contributed by atoms with van der Waals surface area (Å²) in [6, 6.07) is 4.78. The van der Waals surface area contributed by atoms with Gasteiger partial charge in [-0.1, -0.05) is 6.07 Å². The zero-order chi connectivity index (χ0) is 10.3. The fraction of sp³-hybridized carbons (Fsp3) is 0.364. The van der Waals surface area contributed by atoms with Gasteiger partial charge in [-0.25, -0.2) is 4.39 Å². The minimum absolute atomic E-state index is 0.0606. The van der Waals surface area contributed by atoms with Gasteiger partial charge in [0.25, 0.3) is 5.91 Å². The van der Waals surface area contributed by atoms with Gasteiger partial charge >= 0.3 is 0 Å².